The van der Waals surface area contributed by atoms with Gasteiger partial charge in [0.1, 0.15) is 30.1 Å². The zero-order valence-corrected chi connectivity index (χ0v) is 23.3. The average Bonchev–Trinajstić information content (AvgIpc) is 3.30. The Bertz CT molecular complexity index is 1470. The molecule has 2 aromatic heterocycles. The highest BCUT2D eigenvalue weighted by Crippen LogP contribution is 2.51. The van der Waals surface area contributed by atoms with Crippen molar-refractivity contribution in [3.05, 3.63) is 75.5 Å². The van der Waals surface area contributed by atoms with Crippen molar-refractivity contribution in [2.45, 2.75) is 58.3 Å². The Morgan fingerprint density at radius 2 is 1.90 bits per heavy atom. The molecule has 13 heteroatoms. The number of carbonyl (C=O) groups excluding carboxylic acids is 1. The third kappa shape index (κ3) is 6.66. The molecule has 1 amide bonds. The van der Waals surface area contributed by atoms with Crippen molar-refractivity contribution in [2.75, 3.05) is 18.5 Å². The molecule has 0 unspecified atom stereocenters. The summed E-state index contributed by atoms with van der Waals surface area (Å²) in [7, 11) is 1.80. The van der Waals surface area contributed by atoms with Gasteiger partial charge < -0.3 is 19.8 Å². The summed E-state index contributed by atoms with van der Waals surface area (Å²) in [5, 5.41) is 13.6. The van der Waals surface area contributed by atoms with Crippen molar-refractivity contribution in [2.24, 2.45) is 18.4 Å². The largest absolute Gasteiger partial charge is 0.406 e. The maximum absolute atomic E-state index is 14.9. The number of nitrogens with one attached hydrogen (secondary N) is 2. The van der Waals surface area contributed by atoms with Crippen LogP contribution < -0.4 is 16.2 Å². The van der Waals surface area contributed by atoms with Crippen molar-refractivity contribution in [1.82, 2.24) is 24.6 Å². The Kier molecular flexibility index (Phi) is 8.40. The Morgan fingerprint density at radius 1 is 1.20 bits per heavy atom. The van der Waals surface area contributed by atoms with Gasteiger partial charge in [0.2, 0.25) is 0 Å². The van der Waals surface area contributed by atoms with E-state index in [1.54, 1.807) is 37.9 Å². The molecular weight excluding hydrogens is 547 g/mol. The van der Waals surface area contributed by atoms with Crippen LogP contribution in [0.25, 0.3) is 0 Å². The molecule has 41 heavy (non-hydrogen) atoms. The van der Waals surface area contributed by atoms with Gasteiger partial charge in [0, 0.05) is 31.7 Å². The fourth-order valence-corrected chi connectivity index (χ4v) is 5.36. The minimum absolute atomic E-state index is 0.0237. The normalized spacial score (nSPS) is 19.2. The highest BCUT2D eigenvalue weighted by molar-refractivity contribution is 6.04. The van der Waals surface area contributed by atoms with E-state index < -0.39 is 53.1 Å². The van der Waals surface area contributed by atoms with Crippen LogP contribution in [0.2, 0.25) is 0 Å². The second-order valence-electron chi connectivity index (χ2n) is 11.7. The van der Waals surface area contributed by atoms with Crippen molar-refractivity contribution < 1.29 is 26.7 Å². The first kappa shape index (κ1) is 30.4. The summed E-state index contributed by atoms with van der Waals surface area (Å²) in [5.74, 6) is -0.772. The Balaban J connectivity index is 1.66. The van der Waals surface area contributed by atoms with Crippen LogP contribution in [-0.4, -0.2) is 44.6 Å². The zero-order chi connectivity index (χ0) is 30.2. The van der Waals surface area contributed by atoms with Gasteiger partial charge in [-0.05, 0) is 48.1 Å². The summed E-state index contributed by atoms with van der Waals surface area (Å²) in [6, 6.07) is 5.43. The second-order valence-corrected chi connectivity index (χ2v) is 11.7. The van der Waals surface area contributed by atoms with Gasteiger partial charge in [0.05, 0.1) is 17.8 Å². The van der Waals surface area contributed by atoms with Gasteiger partial charge in [-0.3, -0.25) is 14.0 Å². The van der Waals surface area contributed by atoms with E-state index in [4.69, 9.17) is 0 Å². The maximum Gasteiger partial charge on any atom is 0.406 e. The number of anilines is 1. The smallest absolute Gasteiger partial charge is 0.320 e. The molecular formula is C28H33F5N6O2. The molecule has 1 saturated carbocycles. The maximum atomic E-state index is 14.9. The molecule has 1 aliphatic carbocycles. The van der Waals surface area contributed by atoms with Gasteiger partial charge in [-0.15, -0.1) is 10.2 Å². The van der Waals surface area contributed by atoms with Gasteiger partial charge in [0.15, 0.2) is 0 Å². The van der Waals surface area contributed by atoms with E-state index in [2.05, 4.69) is 27.8 Å². The predicted octanol–water partition coefficient (Wildman–Crippen LogP) is 4.73. The molecule has 0 saturated heterocycles. The van der Waals surface area contributed by atoms with Gasteiger partial charge in [-0.1, -0.05) is 26.8 Å². The monoisotopic (exact) mass is 580 g/mol. The molecule has 0 aliphatic heterocycles. The third-order valence-corrected chi connectivity index (χ3v) is 7.33. The minimum Gasteiger partial charge on any atom is -0.320 e. The first-order valence-corrected chi connectivity index (χ1v) is 13.2. The molecule has 222 valence electrons. The zero-order valence-electron chi connectivity index (χ0n) is 23.3. The molecule has 1 fully saturated rings. The lowest BCUT2D eigenvalue weighted by atomic mass is 9.58. The average molecular weight is 581 g/mol. The standard InChI is InChI=1S/C28H33F5N6O2/c1-17-9-27(10-17,25-37-35-16-38(25)4)19-5-6-21(30)22(8-19)36-23(40)20-7-18(11-34-14-26(2,3)13-29)12-39(24(20)41)15-28(31,32)33/h5-8,12,16-17,34H,9-11,13-15H2,1-4H3,(H,36,40). The molecule has 0 atom stereocenters. The first-order chi connectivity index (χ1) is 19.1. The fourth-order valence-electron chi connectivity index (χ4n) is 5.36. The molecule has 1 aromatic carbocycles. The minimum atomic E-state index is -4.73. The summed E-state index contributed by atoms with van der Waals surface area (Å²) in [6.07, 6.45) is -0.720. The Hall–Kier alpha value is -3.61. The topological polar surface area (TPSA) is 93.8 Å². The van der Waals surface area contributed by atoms with Crippen LogP contribution in [0, 0.1) is 17.2 Å². The molecule has 2 heterocycles. The van der Waals surface area contributed by atoms with Crippen LogP contribution in [0.1, 0.15) is 60.9 Å². The van der Waals surface area contributed by atoms with Crippen molar-refractivity contribution in [3.63, 3.8) is 0 Å². The number of pyridine rings is 1. The van der Waals surface area contributed by atoms with Gasteiger partial charge >= 0.3 is 6.18 Å². The second kappa shape index (κ2) is 11.3. The van der Waals surface area contributed by atoms with Crippen molar-refractivity contribution in [3.8, 4) is 0 Å². The van der Waals surface area contributed by atoms with E-state index in [1.165, 1.54) is 12.1 Å². The summed E-state index contributed by atoms with van der Waals surface area (Å²) in [4.78, 5) is 26.2. The van der Waals surface area contributed by atoms with E-state index in [0.717, 1.165) is 25.1 Å². The van der Waals surface area contributed by atoms with Crippen LogP contribution >= 0.6 is 0 Å². The van der Waals surface area contributed by atoms with Crippen LogP contribution in [0.3, 0.4) is 0 Å². The molecule has 0 radical (unpaired) electrons. The number of nitrogens with zero attached hydrogens (tertiary/aromatic N) is 4. The lowest BCUT2D eigenvalue weighted by Crippen LogP contribution is -2.43. The highest BCUT2D eigenvalue weighted by Gasteiger charge is 2.48. The Labute approximate surface area is 234 Å². The molecule has 1 aliphatic rings. The van der Waals surface area contributed by atoms with E-state index in [0.29, 0.717) is 21.9 Å². The quantitative estimate of drug-likeness (QED) is 0.338. The summed E-state index contributed by atoms with van der Waals surface area (Å²) in [6.45, 7) is 3.36. The molecule has 8 nitrogen and oxygen atoms in total. The van der Waals surface area contributed by atoms with E-state index >= 15 is 0 Å². The molecule has 0 bridgehead atoms. The number of aryl methyl sites for hydroxylation is 1. The lowest BCUT2D eigenvalue weighted by Gasteiger charge is -2.46. The molecule has 4 rings (SSSR count). The number of aromatic nitrogens is 4. The fraction of sp³-hybridized carbons (Fsp3) is 0.500. The molecule has 0 spiro atoms. The number of rotatable bonds is 10. The lowest BCUT2D eigenvalue weighted by molar-refractivity contribution is -0.141. The van der Waals surface area contributed by atoms with Crippen molar-refractivity contribution >= 4 is 11.6 Å². The van der Waals surface area contributed by atoms with Gasteiger partial charge in [-0.2, -0.15) is 13.2 Å². The number of amides is 1. The number of carbonyl (C=O) groups is 1. The van der Waals surface area contributed by atoms with Crippen LogP contribution in [-0.2, 0) is 25.6 Å². The Morgan fingerprint density at radius 3 is 2.49 bits per heavy atom. The summed E-state index contributed by atoms with van der Waals surface area (Å²) < 4.78 is 70.0. The SMILES string of the molecule is CC1CC(c2ccc(F)c(NC(=O)c3cc(CNCC(C)(C)CF)cn(CC(F)(F)F)c3=O)c2)(c2nncn2C)C1. The van der Waals surface area contributed by atoms with E-state index in [-0.39, 0.29) is 24.3 Å². The van der Waals surface area contributed by atoms with Crippen LogP contribution in [0.4, 0.5) is 27.6 Å². The highest BCUT2D eigenvalue weighted by atomic mass is 19.4. The summed E-state index contributed by atoms with van der Waals surface area (Å²) >= 11 is 0. The first-order valence-electron chi connectivity index (χ1n) is 13.2. The van der Waals surface area contributed by atoms with Crippen molar-refractivity contribution in [1.29, 1.82) is 0 Å². The number of benzene rings is 1. The van der Waals surface area contributed by atoms with E-state index in [9.17, 15) is 31.5 Å². The summed E-state index contributed by atoms with van der Waals surface area (Å²) in [5.41, 5.74) is -2.36. The predicted molar refractivity (Wildman–Crippen MR) is 143 cm³/mol. The molecule has 3 aromatic rings. The number of halogens is 5. The molecule has 2 N–H and O–H groups in total. The third-order valence-electron chi connectivity index (χ3n) is 7.33. The van der Waals surface area contributed by atoms with E-state index in [1.807, 2.05) is 0 Å². The number of hydrogen-bond donors (Lipinski definition) is 2. The van der Waals surface area contributed by atoms with Crippen LogP contribution in [0.5, 0.6) is 0 Å². The van der Waals surface area contributed by atoms with Gasteiger partial charge in [0.25, 0.3) is 11.5 Å². The number of hydrogen-bond acceptors (Lipinski definition) is 5. The van der Waals surface area contributed by atoms with Crippen LogP contribution in [0.15, 0.2) is 41.6 Å². The number of alkyl halides is 4. The van der Waals surface area contributed by atoms with Gasteiger partial charge in [-0.25, -0.2) is 4.39 Å².